The van der Waals surface area contributed by atoms with Crippen molar-refractivity contribution < 1.29 is 28.0 Å². The second-order valence-corrected chi connectivity index (χ2v) is 9.70. The standard InChI is InChI=1S/C29H32FN3O5/c1-2-32-15-17-36-25-9-4-3-7-21(25)8-5-6-14-29(28(32)35)20-33(16-18-37-29)27(34)24-19-26(38-31-24)22-10-12-23(30)13-11-22/h3-4,7,9-13,19H,2,5-6,8,14-18,20H2,1H3. The molecule has 5 rings (SSSR count). The molecule has 0 aliphatic carbocycles. The van der Waals surface area contributed by atoms with E-state index in [4.69, 9.17) is 14.0 Å². The number of likely N-dealkylation sites (N-methyl/N-ethyl adjacent to an activating group) is 1. The number of rotatable bonds is 3. The van der Waals surface area contributed by atoms with Crippen molar-refractivity contribution >= 4 is 11.8 Å². The van der Waals surface area contributed by atoms with Crippen LogP contribution in [-0.2, 0) is 16.0 Å². The third-order valence-electron chi connectivity index (χ3n) is 7.26. The molecule has 1 fully saturated rings. The number of morpholine rings is 1. The summed E-state index contributed by atoms with van der Waals surface area (Å²) < 4.78 is 30.9. The number of benzene rings is 2. The minimum atomic E-state index is -1.13. The highest BCUT2D eigenvalue weighted by Gasteiger charge is 2.46. The number of hydrogen-bond acceptors (Lipinski definition) is 6. The number of ether oxygens (including phenoxy) is 2. The van der Waals surface area contributed by atoms with Crippen LogP contribution in [0.4, 0.5) is 4.39 Å². The summed E-state index contributed by atoms with van der Waals surface area (Å²) in [6, 6.07) is 15.4. The summed E-state index contributed by atoms with van der Waals surface area (Å²) in [7, 11) is 0. The quantitative estimate of drug-likeness (QED) is 0.510. The van der Waals surface area contributed by atoms with Crippen LogP contribution in [0.2, 0.25) is 0 Å². The first-order valence-electron chi connectivity index (χ1n) is 13.1. The molecule has 0 bridgehead atoms. The van der Waals surface area contributed by atoms with Crippen LogP contribution in [0, 0.1) is 5.82 Å². The van der Waals surface area contributed by atoms with Crippen molar-refractivity contribution in [3.05, 3.63) is 71.7 Å². The molecule has 2 aromatic carbocycles. The van der Waals surface area contributed by atoms with Gasteiger partial charge in [0.05, 0.1) is 19.7 Å². The molecule has 8 nitrogen and oxygen atoms in total. The summed E-state index contributed by atoms with van der Waals surface area (Å²) >= 11 is 0. The zero-order valence-corrected chi connectivity index (χ0v) is 21.5. The summed E-state index contributed by atoms with van der Waals surface area (Å²) in [5.74, 6) is 0.424. The highest BCUT2D eigenvalue weighted by atomic mass is 19.1. The molecule has 2 aliphatic rings. The van der Waals surface area contributed by atoms with Gasteiger partial charge in [0.15, 0.2) is 17.1 Å². The maximum Gasteiger partial charge on any atom is 0.276 e. The lowest BCUT2D eigenvalue weighted by Crippen LogP contribution is -2.62. The number of halogens is 1. The zero-order chi connectivity index (χ0) is 26.5. The van der Waals surface area contributed by atoms with Crippen LogP contribution in [-0.4, -0.2) is 71.8 Å². The number of carbonyl (C=O) groups is 2. The highest BCUT2D eigenvalue weighted by molar-refractivity contribution is 5.94. The minimum absolute atomic E-state index is 0.123. The molecule has 3 aromatic rings. The van der Waals surface area contributed by atoms with Crippen LogP contribution in [0.3, 0.4) is 0 Å². The monoisotopic (exact) mass is 521 g/mol. The van der Waals surface area contributed by atoms with Gasteiger partial charge in [0, 0.05) is 24.7 Å². The SMILES string of the molecule is CCN1CCOc2ccccc2CCCCC2(CN(C(=O)c3cc(-c4ccc(F)cc4)on3)CCO2)C1=O. The lowest BCUT2D eigenvalue weighted by Gasteiger charge is -2.43. The predicted octanol–water partition coefficient (Wildman–Crippen LogP) is 4.35. The van der Waals surface area contributed by atoms with Crippen LogP contribution in [0.25, 0.3) is 11.3 Å². The van der Waals surface area contributed by atoms with Crippen LogP contribution in [0.5, 0.6) is 5.75 Å². The molecule has 200 valence electrons. The van der Waals surface area contributed by atoms with Gasteiger partial charge in [-0.1, -0.05) is 23.4 Å². The fourth-order valence-corrected chi connectivity index (χ4v) is 5.17. The average molecular weight is 522 g/mol. The molecule has 2 amide bonds. The Morgan fingerprint density at radius 2 is 1.89 bits per heavy atom. The molecule has 1 unspecified atom stereocenters. The van der Waals surface area contributed by atoms with Crippen molar-refractivity contribution in [1.29, 1.82) is 0 Å². The Hall–Kier alpha value is -3.72. The van der Waals surface area contributed by atoms with E-state index in [-0.39, 0.29) is 36.5 Å². The van der Waals surface area contributed by atoms with Crippen molar-refractivity contribution in [2.75, 3.05) is 39.4 Å². The van der Waals surface area contributed by atoms with Crippen molar-refractivity contribution in [3.8, 4) is 17.1 Å². The van der Waals surface area contributed by atoms with Crippen LogP contribution in [0.15, 0.2) is 59.1 Å². The highest BCUT2D eigenvalue weighted by Crippen LogP contribution is 2.30. The summed E-state index contributed by atoms with van der Waals surface area (Å²) in [4.78, 5) is 30.7. The van der Waals surface area contributed by atoms with E-state index in [1.54, 1.807) is 28.0 Å². The van der Waals surface area contributed by atoms with E-state index in [0.717, 1.165) is 30.6 Å². The molecular formula is C29H32FN3O5. The molecule has 1 atom stereocenters. The Labute approximate surface area is 221 Å². The third-order valence-corrected chi connectivity index (χ3v) is 7.26. The van der Waals surface area contributed by atoms with E-state index in [0.29, 0.717) is 44.0 Å². The zero-order valence-electron chi connectivity index (χ0n) is 21.5. The second kappa shape index (κ2) is 11.3. The Morgan fingerprint density at radius 1 is 1.08 bits per heavy atom. The summed E-state index contributed by atoms with van der Waals surface area (Å²) in [6.45, 7) is 3.97. The molecule has 1 aromatic heterocycles. The molecule has 1 saturated heterocycles. The smallest absolute Gasteiger partial charge is 0.276 e. The number of aromatic nitrogens is 1. The van der Waals surface area contributed by atoms with Crippen molar-refractivity contribution in [2.45, 2.75) is 38.2 Å². The molecule has 2 aliphatic heterocycles. The van der Waals surface area contributed by atoms with Gasteiger partial charge in [-0.3, -0.25) is 9.59 Å². The Morgan fingerprint density at radius 3 is 2.71 bits per heavy atom. The number of carbonyl (C=O) groups excluding carboxylic acids is 2. The number of fused-ring (bicyclic) bond motifs is 1. The van der Waals surface area contributed by atoms with Crippen LogP contribution >= 0.6 is 0 Å². The molecule has 9 heteroatoms. The fraction of sp³-hybridized carbons (Fsp3) is 0.414. The van der Waals surface area contributed by atoms with E-state index >= 15 is 0 Å². The van der Waals surface area contributed by atoms with E-state index in [1.165, 1.54) is 12.1 Å². The normalized spacial score (nSPS) is 20.8. The molecule has 0 saturated carbocycles. The first-order valence-corrected chi connectivity index (χ1v) is 13.1. The van der Waals surface area contributed by atoms with Gasteiger partial charge in [-0.05, 0) is 68.5 Å². The molecular weight excluding hydrogens is 489 g/mol. The molecule has 1 spiro atoms. The van der Waals surface area contributed by atoms with Gasteiger partial charge in [-0.15, -0.1) is 0 Å². The van der Waals surface area contributed by atoms with Crippen molar-refractivity contribution in [1.82, 2.24) is 15.0 Å². The van der Waals surface area contributed by atoms with Gasteiger partial charge < -0.3 is 23.8 Å². The summed E-state index contributed by atoms with van der Waals surface area (Å²) in [5.41, 5.74) is 0.778. The summed E-state index contributed by atoms with van der Waals surface area (Å²) in [5, 5.41) is 3.97. The van der Waals surface area contributed by atoms with Crippen molar-refractivity contribution in [3.63, 3.8) is 0 Å². The Balaban J connectivity index is 1.35. The number of para-hydroxylation sites is 1. The molecule has 38 heavy (non-hydrogen) atoms. The van der Waals surface area contributed by atoms with Gasteiger partial charge in [0.2, 0.25) is 0 Å². The lowest BCUT2D eigenvalue weighted by atomic mass is 9.91. The number of nitrogens with zero attached hydrogens (tertiary/aromatic N) is 3. The topological polar surface area (TPSA) is 85.1 Å². The average Bonchev–Trinajstić information content (AvgIpc) is 3.44. The summed E-state index contributed by atoms with van der Waals surface area (Å²) in [6.07, 6.45) is 2.97. The fourth-order valence-electron chi connectivity index (χ4n) is 5.17. The molecule has 0 radical (unpaired) electrons. The number of aryl methyl sites for hydroxylation is 1. The Kier molecular flexibility index (Phi) is 7.74. The minimum Gasteiger partial charge on any atom is -0.491 e. The van der Waals surface area contributed by atoms with Gasteiger partial charge in [-0.2, -0.15) is 0 Å². The van der Waals surface area contributed by atoms with E-state index in [2.05, 4.69) is 11.2 Å². The molecule has 0 N–H and O–H groups in total. The predicted molar refractivity (Wildman–Crippen MR) is 138 cm³/mol. The van der Waals surface area contributed by atoms with E-state index in [9.17, 15) is 14.0 Å². The second-order valence-electron chi connectivity index (χ2n) is 9.70. The Bertz CT molecular complexity index is 1280. The van der Waals surface area contributed by atoms with Crippen LogP contribution in [0.1, 0.15) is 42.2 Å². The van der Waals surface area contributed by atoms with Crippen LogP contribution < -0.4 is 4.74 Å². The van der Waals surface area contributed by atoms with Crippen molar-refractivity contribution in [2.24, 2.45) is 0 Å². The first kappa shape index (κ1) is 25.9. The molecule has 3 heterocycles. The van der Waals surface area contributed by atoms with Gasteiger partial charge in [0.25, 0.3) is 11.8 Å². The van der Waals surface area contributed by atoms with Gasteiger partial charge in [-0.25, -0.2) is 4.39 Å². The van der Waals surface area contributed by atoms with Gasteiger partial charge >= 0.3 is 0 Å². The van der Waals surface area contributed by atoms with Gasteiger partial charge in [0.1, 0.15) is 18.2 Å². The maximum atomic E-state index is 13.9. The maximum absolute atomic E-state index is 13.9. The first-order chi connectivity index (χ1) is 18.5. The van der Waals surface area contributed by atoms with E-state index < -0.39 is 5.60 Å². The number of hydrogen-bond donors (Lipinski definition) is 0. The third kappa shape index (κ3) is 5.43. The van der Waals surface area contributed by atoms with E-state index in [1.807, 2.05) is 25.1 Å². The lowest BCUT2D eigenvalue weighted by molar-refractivity contribution is -0.170. The largest absolute Gasteiger partial charge is 0.491 e. The number of amides is 2.